The van der Waals surface area contributed by atoms with Gasteiger partial charge in [-0.2, -0.15) is 0 Å². The SMILES string of the molecule is CCOc1ccc([C@@H](C)NC(=O)c2ccc(Sc3ccc(F)cc3)c([N+](=O)[O-])c2)cc1OCC. The number of benzene rings is 3. The number of nitrogens with one attached hydrogen (secondary N) is 1. The van der Waals surface area contributed by atoms with E-state index in [9.17, 15) is 19.3 Å². The van der Waals surface area contributed by atoms with Crippen molar-refractivity contribution in [1.82, 2.24) is 5.32 Å². The van der Waals surface area contributed by atoms with E-state index in [2.05, 4.69) is 5.32 Å². The zero-order chi connectivity index (χ0) is 24.7. The Morgan fingerprint density at radius 2 is 1.71 bits per heavy atom. The van der Waals surface area contributed by atoms with Gasteiger partial charge in [0.05, 0.1) is 29.1 Å². The Kier molecular flexibility index (Phi) is 8.48. The van der Waals surface area contributed by atoms with Crippen molar-refractivity contribution in [3.05, 3.63) is 87.7 Å². The molecule has 0 saturated heterocycles. The highest BCUT2D eigenvalue weighted by atomic mass is 32.2. The lowest BCUT2D eigenvalue weighted by Gasteiger charge is -2.17. The highest BCUT2D eigenvalue weighted by Crippen LogP contribution is 2.36. The number of ether oxygens (including phenoxy) is 2. The van der Waals surface area contributed by atoms with Gasteiger partial charge >= 0.3 is 0 Å². The Labute approximate surface area is 201 Å². The van der Waals surface area contributed by atoms with Crippen LogP contribution in [0.25, 0.3) is 0 Å². The molecule has 3 aromatic rings. The van der Waals surface area contributed by atoms with Crippen LogP contribution in [0.1, 0.15) is 42.7 Å². The van der Waals surface area contributed by atoms with Gasteiger partial charge in [-0.05, 0) is 74.9 Å². The van der Waals surface area contributed by atoms with E-state index in [0.717, 1.165) is 17.3 Å². The number of nitro benzene ring substituents is 1. The van der Waals surface area contributed by atoms with Crippen molar-refractivity contribution in [3.63, 3.8) is 0 Å². The minimum Gasteiger partial charge on any atom is -0.490 e. The largest absolute Gasteiger partial charge is 0.490 e. The van der Waals surface area contributed by atoms with Crippen LogP contribution in [0, 0.1) is 15.9 Å². The second-order valence-corrected chi connectivity index (χ2v) is 8.38. The maximum Gasteiger partial charge on any atom is 0.284 e. The molecule has 0 aliphatic carbocycles. The van der Waals surface area contributed by atoms with Gasteiger partial charge in [0.15, 0.2) is 11.5 Å². The third-order valence-electron chi connectivity index (χ3n) is 4.87. The summed E-state index contributed by atoms with van der Waals surface area (Å²) in [4.78, 5) is 25.0. The summed E-state index contributed by atoms with van der Waals surface area (Å²) in [5, 5.41) is 14.5. The fourth-order valence-electron chi connectivity index (χ4n) is 3.22. The first-order valence-corrected chi connectivity index (χ1v) is 11.6. The van der Waals surface area contributed by atoms with E-state index in [1.807, 2.05) is 32.9 Å². The number of nitrogens with zero attached hydrogens (tertiary/aromatic N) is 1. The summed E-state index contributed by atoms with van der Waals surface area (Å²) in [6, 6.07) is 15.0. The Bertz CT molecular complexity index is 1170. The predicted molar refractivity (Wildman–Crippen MR) is 128 cm³/mol. The van der Waals surface area contributed by atoms with Crippen LogP contribution < -0.4 is 14.8 Å². The first-order valence-electron chi connectivity index (χ1n) is 10.7. The first-order chi connectivity index (χ1) is 16.3. The van der Waals surface area contributed by atoms with Crippen molar-refractivity contribution < 1.29 is 23.6 Å². The van der Waals surface area contributed by atoms with E-state index < -0.39 is 10.8 Å². The standard InChI is InChI=1S/C25H25FN2O5S/c1-4-32-22-12-6-17(15-23(22)33-5-2)16(3)27-25(29)18-7-13-24(21(14-18)28(30)31)34-20-10-8-19(26)9-11-20/h6-16H,4-5H2,1-3H3,(H,27,29)/t16-/m1/s1. The minimum absolute atomic E-state index is 0.165. The maximum atomic E-state index is 13.1. The summed E-state index contributed by atoms with van der Waals surface area (Å²) in [7, 11) is 0. The van der Waals surface area contributed by atoms with E-state index in [1.54, 1.807) is 18.2 Å². The number of carbonyl (C=O) groups excluding carboxylic acids is 1. The van der Waals surface area contributed by atoms with E-state index in [1.165, 1.54) is 30.3 Å². The van der Waals surface area contributed by atoms with Gasteiger partial charge in [0, 0.05) is 16.5 Å². The number of carbonyl (C=O) groups is 1. The van der Waals surface area contributed by atoms with E-state index in [0.29, 0.717) is 34.5 Å². The molecule has 7 nitrogen and oxygen atoms in total. The summed E-state index contributed by atoms with van der Waals surface area (Å²) < 4.78 is 24.4. The predicted octanol–water partition coefficient (Wildman–Crippen LogP) is 6.17. The Morgan fingerprint density at radius 1 is 1.03 bits per heavy atom. The lowest BCUT2D eigenvalue weighted by molar-refractivity contribution is -0.387. The van der Waals surface area contributed by atoms with Gasteiger partial charge in [-0.1, -0.05) is 17.8 Å². The molecule has 178 valence electrons. The summed E-state index contributed by atoms with van der Waals surface area (Å²) in [6.07, 6.45) is 0. The number of rotatable bonds is 10. The van der Waals surface area contributed by atoms with Crippen molar-refractivity contribution >= 4 is 23.4 Å². The molecule has 0 aliphatic rings. The van der Waals surface area contributed by atoms with E-state index in [-0.39, 0.29) is 23.1 Å². The first kappa shape index (κ1) is 25.0. The van der Waals surface area contributed by atoms with Gasteiger partial charge in [0.1, 0.15) is 5.82 Å². The molecule has 0 fully saturated rings. The smallest absolute Gasteiger partial charge is 0.284 e. The molecular weight excluding hydrogens is 459 g/mol. The maximum absolute atomic E-state index is 13.1. The molecule has 9 heteroatoms. The van der Waals surface area contributed by atoms with Crippen LogP contribution in [0.3, 0.4) is 0 Å². The monoisotopic (exact) mass is 484 g/mol. The Morgan fingerprint density at radius 3 is 2.35 bits per heavy atom. The summed E-state index contributed by atoms with van der Waals surface area (Å²) >= 11 is 1.13. The summed E-state index contributed by atoms with van der Waals surface area (Å²) in [5.74, 6) is 0.374. The second-order valence-electron chi connectivity index (χ2n) is 7.26. The second kappa shape index (κ2) is 11.5. The normalized spacial score (nSPS) is 11.5. The van der Waals surface area contributed by atoms with Crippen molar-refractivity contribution in [2.75, 3.05) is 13.2 Å². The molecule has 0 aromatic heterocycles. The van der Waals surface area contributed by atoms with Gasteiger partial charge in [-0.15, -0.1) is 0 Å². The van der Waals surface area contributed by atoms with Gasteiger partial charge < -0.3 is 14.8 Å². The lowest BCUT2D eigenvalue weighted by atomic mass is 10.1. The van der Waals surface area contributed by atoms with Crippen molar-refractivity contribution in [2.45, 2.75) is 36.6 Å². The van der Waals surface area contributed by atoms with Crippen LogP contribution in [0.5, 0.6) is 11.5 Å². The molecule has 0 heterocycles. The topological polar surface area (TPSA) is 90.7 Å². The van der Waals surface area contributed by atoms with Gasteiger partial charge in [0.2, 0.25) is 0 Å². The summed E-state index contributed by atoms with van der Waals surface area (Å²) in [6.45, 7) is 6.54. The molecule has 0 spiro atoms. The molecule has 1 atom stereocenters. The molecule has 1 amide bonds. The van der Waals surface area contributed by atoms with E-state index in [4.69, 9.17) is 9.47 Å². The van der Waals surface area contributed by atoms with Gasteiger partial charge in [0.25, 0.3) is 11.6 Å². The minimum atomic E-state index is -0.535. The molecule has 0 saturated carbocycles. The van der Waals surface area contributed by atoms with Crippen LogP contribution >= 0.6 is 11.8 Å². The van der Waals surface area contributed by atoms with Crippen molar-refractivity contribution in [2.24, 2.45) is 0 Å². The van der Waals surface area contributed by atoms with Crippen LogP contribution in [0.4, 0.5) is 10.1 Å². The lowest BCUT2D eigenvalue weighted by Crippen LogP contribution is -2.26. The number of hydrogen-bond acceptors (Lipinski definition) is 6. The Balaban J connectivity index is 1.78. The number of hydrogen-bond donors (Lipinski definition) is 1. The number of amides is 1. The third-order valence-corrected chi connectivity index (χ3v) is 5.95. The molecular formula is C25H25FN2O5S. The highest BCUT2D eigenvalue weighted by Gasteiger charge is 2.20. The summed E-state index contributed by atoms with van der Waals surface area (Å²) in [5.41, 5.74) is 0.769. The fourth-order valence-corrected chi connectivity index (χ4v) is 4.12. The fraction of sp³-hybridized carbons (Fsp3) is 0.240. The molecule has 0 radical (unpaired) electrons. The molecule has 34 heavy (non-hydrogen) atoms. The van der Waals surface area contributed by atoms with Gasteiger partial charge in [-0.3, -0.25) is 14.9 Å². The number of halogens is 1. The zero-order valence-corrected chi connectivity index (χ0v) is 19.9. The van der Waals surface area contributed by atoms with Crippen LogP contribution in [0.2, 0.25) is 0 Å². The molecule has 3 aromatic carbocycles. The molecule has 0 bridgehead atoms. The highest BCUT2D eigenvalue weighted by molar-refractivity contribution is 7.99. The molecule has 1 N–H and O–H groups in total. The third kappa shape index (κ3) is 6.26. The molecule has 3 rings (SSSR count). The molecule has 0 unspecified atom stereocenters. The van der Waals surface area contributed by atoms with Crippen LogP contribution in [-0.2, 0) is 0 Å². The van der Waals surface area contributed by atoms with E-state index >= 15 is 0 Å². The molecule has 0 aliphatic heterocycles. The number of nitro groups is 1. The zero-order valence-electron chi connectivity index (χ0n) is 19.0. The Hall–Kier alpha value is -3.59. The average Bonchev–Trinajstić information content (AvgIpc) is 2.82. The van der Waals surface area contributed by atoms with Crippen molar-refractivity contribution in [1.29, 1.82) is 0 Å². The average molecular weight is 485 g/mol. The van der Waals surface area contributed by atoms with Gasteiger partial charge in [-0.25, -0.2) is 4.39 Å². The van der Waals surface area contributed by atoms with Crippen LogP contribution in [-0.4, -0.2) is 24.0 Å². The quantitative estimate of drug-likeness (QED) is 0.273. The van der Waals surface area contributed by atoms with Crippen molar-refractivity contribution in [3.8, 4) is 11.5 Å². The van der Waals surface area contributed by atoms with Crippen LogP contribution in [0.15, 0.2) is 70.5 Å².